The van der Waals surface area contributed by atoms with Crippen LogP contribution >= 0.6 is 11.6 Å². The van der Waals surface area contributed by atoms with Gasteiger partial charge in [-0.3, -0.25) is 10.1 Å². The summed E-state index contributed by atoms with van der Waals surface area (Å²) in [5, 5.41) is 4.01. The van der Waals surface area contributed by atoms with E-state index in [4.69, 9.17) is 16.3 Å². The summed E-state index contributed by atoms with van der Waals surface area (Å²) in [6, 6.07) is 7.41. The molecule has 1 aliphatic rings. The zero-order valence-electron chi connectivity index (χ0n) is 12.1. The molecule has 1 N–H and O–H groups in total. The molecule has 1 heterocycles. The molecule has 0 aliphatic carbocycles. The standard InChI is InChI=1S/C15H21ClN2O2/c1-4-20-10(2)9-18-14(17-11(3)15(18)19)12-5-7-13(16)8-6-12/h5-8,10-11,14,17H,4,9H2,1-3H3. The fourth-order valence-electron chi connectivity index (χ4n) is 2.50. The van der Waals surface area contributed by atoms with E-state index < -0.39 is 0 Å². The van der Waals surface area contributed by atoms with Crippen LogP contribution in [-0.2, 0) is 9.53 Å². The predicted molar refractivity (Wildman–Crippen MR) is 79.6 cm³/mol. The highest BCUT2D eigenvalue weighted by atomic mass is 35.5. The van der Waals surface area contributed by atoms with Gasteiger partial charge in [0.15, 0.2) is 0 Å². The molecule has 5 heteroatoms. The van der Waals surface area contributed by atoms with Gasteiger partial charge >= 0.3 is 0 Å². The highest BCUT2D eigenvalue weighted by Gasteiger charge is 2.37. The number of halogens is 1. The Kier molecular flexibility index (Phi) is 5.02. The monoisotopic (exact) mass is 296 g/mol. The lowest BCUT2D eigenvalue weighted by molar-refractivity contribution is -0.131. The number of ether oxygens (including phenoxy) is 1. The molecule has 0 saturated carbocycles. The van der Waals surface area contributed by atoms with Crippen molar-refractivity contribution in [1.29, 1.82) is 0 Å². The summed E-state index contributed by atoms with van der Waals surface area (Å²) in [7, 11) is 0. The Balaban J connectivity index is 2.17. The molecule has 0 aromatic heterocycles. The summed E-state index contributed by atoms with van der Waals surface area (Å²) in [6.07, 6.45) is -0.0940. The third-order valence-electron chi connectivity index (χ3n) is 3.46. The Morgan fingerprint density at radius 3 is 2.65 bits per heavy atom. The molecular weight excluding hydrogens is 276 g/mol. The highest BCUT2D eigenvalue weighted by Crippen LogP contribution is 2.26. The number of carbonyl (C=O) groups excluding carboxylic acids is 1. The van der Waals surface area contributed by atoms with E-state index in [0.29, 0.717) is 18.2 Å². The summed E-state index contributed by atoms with van der Waals surface area (Å²) in [5.74, 6) is 0.108. The molecule has 1 fully saturated rings. The van der Waals surface area contributed by atoms with Crippen LogP contribution in [0.2, 0.25) is 5.02 Å². The Morgan fingerprint density at radius 1 is 1.40 bits per heavy atom. The topological polar surface area (TPSA) is 41.6 Å². The Labute approximate surface area is 125 Å². The normalized spacial score (nSPS) is 24.2. The number of hydrogen-bond donors (Lipinski definition) is 1. The molecule has 3 unspecified atom stereocenters. The first-order chi connectivity index (χ1) is 9.52. The van der Waals surface area contributed by atoms with Crippen molar-refractivity contribution in [2.75, 3.05) is 13.2 Å². The number of nitrogens with one attached hydrogen (secondary N) is 1. The van der Waals surface area contributed by atoms with Crippen molar-refractivity contribution in [2.45, 2.75) is 39.1 Å². The van der Waals surface area contributed by atoms with Gasteiger partial charge in [0, 0.05) is 18.2 Å². The van der Waals surface area contributed by atoms with E-state index in [1.165, 1.54) is 0 Å². The van der Waals surface area contributed by atoms with Gasteiger partial charge in [0.1, 0.15) is 6.17 Å². The number of benzene rings is 1. The van der Waals surface area contributed by atoms with Gasteiger partial charge in [-0.25, -0.2) is 0 Å². The molecule has 1 aliphatic heterocycles. The van der Waals surface area contributed by atoms with Crippen LogP contribution in [0.5, 0.6) is 0 Å². The van der Waals surface area contributed by atoms with Crippen molar-refractivity contribution >= 4 is 17.5 Å². The van der Waals surface area contributed by atoms with Gasteiger partial charge in [-0.2, -0.15) is 0 Å². The van der Waals surface area contributed by atoms with Crippen molar-refractivity contribution in [3.05, 3.63) is 34.9 Å². The molecule has 20 heavy (non-hydrogen) atoms. The largest absolute Gasteiger partial charge is 0.377 e. The average molecular weight is 297 g/mol. The van der Waals surface area contributed by atoms with E-state index in [0.717, 1.165) is 5.56 Å². The minimum absolute atomic E-state index is 0.0193. The van der Waals surface area contributed by atoms with Crippen LogP contribution in [0, 0.1) is 0 Å². The maximum absolute atomic E-state index is 12.3. The van der Waals surface area contributed by atoms with Crippen LogP contribution < -0.4 is 5.32 Å². The molecule has 1 aromatic carbocycles. The first-order valence-electron chi connectivity index (χ1n) is 6.96. The third-order valence-corrected chi connectivity index (χ3v) is 3.72. The highest BCUT2D eigenvalue weighted by molar-refractivity contribution is 6.30. The lowest BCUT2D eigenvalue weighted by atomic mass is 10.1. The number of nitrogens with zero attached hydrogens (tertiary/aromatic N) is 1. The Hall–Kier alpha value is -1.10. The molecule has 1 saturated heterocycles. The summed E-state index contributed by atoms with van der Waals surface area (Å²) in [6.45, 7) is 7.06. The lowest BCUT2D eigenvalue weighted by Gasteiger charge is -2.27. The molecule has 0 radical (unpaired) electrons. The zero-order valence-corrected chi connectivity index (χ0v) is 12.9. The van der Waals surface area contributed by atoms with Crippen LogP contribution in [0.25, 0.3) is 0 Å². The van der Waals surface area contributed by atoms with Gasteiger partial charge < -0.3 is 9.64 Å². The smallest absolute Gasteiger partial charge is 0.241 e. The van der Waals surface area contributed by atoms with Crippen LogP contribution in [0.3, 0.4) is 0 Å². The predicted octanol–water partition coefficient (Wildman–Crippen LogP) is 2.58. The molecule has 1 aromatic rings. The number of amides is 1. The SMILES string of the molecule is CCOC(C)CN1C(=O)C(C)NC1c1ccc(Cl)cc1. The van der Waals surface area contributed by atoms with E-state index in [9.17, 15) is 4.79 Å². The molecule has 110 valence electrons. The Morgan fingerprint density at radius 2 is 2.05 bits per heavy atom. The van der Waals surface area contributed by atoms with Crippen molar-refractivity contribution in [3.63, 3.8) is 0 Å². The Bertz CT molecular complexity index is 463. The van der Waals surface area contributed by atoms with E-state index in [1.54, 1.807) is 0 Å². The average Bonchev–Trinajstić information content (AvgIpc) is 2.68. The van der Waals surface area contributed by atoms with E-state index >= 15 is 0 Å². The second-order valence-electron chi connectivity index (χ2n) is 5.10. The van der Waals surface area contributed by atoms with Crippen LogP contribution in [0.15, 0.2) is 24.3 Å². The molecule has 2 rings (SSSR count). The van der Waals surface area contributed by atoms with Crippen molar-refractivity contribution < 1.29 is 9.53 Å². The molecule has 0 spiro atoms. The molecule has 0 bridgehead atoms. The van der Waals surface area contributed by atoms with Gasteiger partial charge in [0.05, 0.1) is 12.1 Å². The number of carbonyl (C=O) groups is 1. The maximum atomic E-state index is 12.3. The third kappa shape index (κ3) is 3.32. The van der Waals surface area contributed by atoms with Gasteiger partial charge in [0.25, 0.3) is 0 Å². The first kappa shape index (κ1) is 15.3. The summed E-state index contributed by atoms with van der Waals surface area (Å²) in [4.78, 5) is 14.1. The van der Waals surface area contributed by atoms with Gasteiger partial charge in [-0.05, 0) is 38.5 Å². The minimum Gasteiger partial charge on any atom is -0.377 e. The summed E-state index contributed by atoms with van der Waals surface area (Å²) in [5.41, 5.74) is 1.04. The van der Waals surface area contributed by atoms with E-state index in [2.05, 4.69) is 5.32 Å². The van der Waals surface area contributed by atoms with Crippen molar-refractivity contribution in [3.8, 4) is 0 Å². The van der Waals surface area contributed by atoms with Crippen molar-refractivity contribution in [2.24, 2.45) is 0 Å². The lowest BCUT2D eigenvalue weighted by Crippen LogP contribution is -2.37. The van der Waals surface area contributed by atoms with E-state index in [-0.39, 0.29) is 24.2 Å². The maximum Gasteiger partial charge on any atom is 0.241 e. The molecule has 3 atom stereocenters. The van der Waals surface area contributed by atoms with Crippen LogP contribution in [0.1, 0.15) is 32.5 Å². The summed E-state index contributed by atoms with van der Waals surface area (Å²) >= 11 is 5.92. The second kappa shape index (κ2) is 6.57. The number of hydrogen-bond acceptors (Lipinski definition) is 3. The van der Waals surface area contributed by atoms with Crippen LogP contribution in [0.4, 0.5) is 0 Å². The van der Waals surface area contributed by atoms with Gasteiger partial charge in [-0.15, -0.1) is 0 Å². The summed E-state index contributed by atoms with van der Waals surface area (Å²) < 4.78 is 5.55. The molecular formula is C15H21ClN2O2. The number of rotatable bonds is 5. The van der Waals surface area contributed by atoms with Crippen molar-refractivity contribution in [1.82, 2.24) is 10.2 Å². The van der Waals surface area contributed by atoms with Gasteiger partial charge in [-0.1, -0.05) is 23.7 Å². The fourth-order valence-corrected chi connectivity index (χ4v) is 2.63. The minimum atomic E-state index is -0.176. The van der Waals surface area contributed by atoms with Crippen LogP contribution in [-0.4, -0.2) is 36.1 Å². The zero-order chi connectivity index (χ0) is 14.7. The second-order valence-corrected chi connectivity index (χ2v) is 5.54. The fraction of sp³-hybridized carbons (Fsp3) is 0.533. The first-order valence-corrected chi connectivity index (χ1v) is 7.34. The molecule has 1 amide bonds. The van der Waals surface area contributed by atoms with Gasteiger partial charge in [0.2, 0.25) is 5.91 Å². The van der Waals surface area contributed by atoms with E-state index in [1.807, 2.05) is 49.9 Å². The molecule has 4 nitrogen and oxygen atoms in total. The quantitative estimate of drug-likeness (QED) is 0.908.